The van der Waals surface area contributed by atoms with Crippen LogP contribution in [0.3, 0.4) is 0 Å². The first-order valence-electron chi connectivity index (χ1n) is 7.42. The minimum absolute atomic E-state index is 0.0208. The molecular weight excluding hydrogens is 310 g/mol. The maximum atomic E-state index is 11.9. The van der Waals surface area contributed by atoms with E-state index >= 15 is 0 Å². The molecular formula is C17H19N3O4. The molecule has 2 N–H and O–H groups in total. The molecule has 2 amide bonds. The van der Waals surface area contributed by atoms with E-state index in [-0.39, 0.29) is 11.7 Å². The first-order valence-corrected chi connectivity index (χ1v) is 7.42. The molecule has 2 aromatic rings. The molecule has 0 radical (unpaired) electrons. The van der Waals surface area contributed by atoms with Crippen LogP contribution in [0.15, 0.2) is 42.5 Å². The molecule has 0 aliphatic rings. The van der Waals surface area contributed by atoms with Gasteiger partial charge in [-0.05, 0) is 37.1 Å². The van der Waals surface area contributed by atoms with E-state index in [2.05, 4.69) is 10.6 Å². The maximum absolute atomic E-state index is 11.9. The maximum Gasteiger partial charge on any atom is 0.319 e. The van der Waals surface area contributed by atoms with Gasteiger partial charge in [0.25, 0.3) is 5.69 Å². The van der Waals surface area contributed by atoms with E-state index in [1.165, 1.54) is 24.3 Å². The summed E-state index contributed by atoms with van der Waals surface area (Å²) >= 11 is 0. The van der Waals surface area contributed by atoms with Crippen molar-refractivity contribution in [2.45, 2.75) is 13.3 Å². The monoisotopic (exact) mass is 329 g/mol. The van der Waals surface area contributed by atoms with Gasteiger partial charge in [0.05, 0.1) is 12.0 Å². The highest BCUT2D eigenvalue weighted by atomic mass is 16.6. The molecule has 2 rings (SSSR count). The minimum atomic E-state index is -0.487. The zero-order valence-electron chi connectivity index (χ0n) is 13.5. The number of rotatable bonds is 6. The summed E-state index contributed by atoms with van der Waals surface area (Å²) in [7, 11) is 1.61. The van der Waals surface area contributed by atoms with Gasteiger partial charge in [-0.2, -0.15) is 0 Å². The number of methoxy groups -OCH3 is 1. The minimum Gasteiger partial charge on any atom is -0.496 e. The Morgan fingerprint density at radius 1 is 1.21 bits per heavy atom. The molecule has 0 aromatic heterocycles. The topological polar surface area (TPSA) is 93.5 Å². The molecule has 0 saturated heterocycles. The van der Waals surface area contributed by atoms with Gasteiger partial charge in [0.2, 0.25) is 0 Å². The molecule has 2 aromatic carbocycles. The fraction of sp³-hybridized carbons (Fsp3) is 0.235. The quantitative estimate of drug-likeness (QED) is 0.628. The van der Waals surface area contributed by atoms with Crippen molar-refractivity contribution in [2.24, 2.45) is 0 Å². The van der Waals surface area contributed by atoms with Crippen molar-refractivity contribution in [3.05, 3.63) is 63.7 Å². The van der Waals surface area contributed by atoms with E-state index in [9.17, 15) is 14.9 Å². The van der Waals surface area contributed by atoms with Crippen LogP contribution >= 0.6 is 0 Å². The Kier molecular flexibility index (Phi) is 5.73. The zero-order valence-corrected chi connectivity index (χ0v) is 13.5. The lowest BCUT2D eigenvalue weighted by atomic mass is 10.1. The van der Waals surface area contributed by atoms with Gasteiger partial charge in [-0.3, -0.25) is 10.1 Å². The summed E-state index contributed by atoms with van der Waals surface area (Å²) in [5, 5.41) is 16.0. The number of ether oxygens (including phenoxy) is 1. The molecule has 0 bridgehead atoms. The highest BCUT2D eigenvalue weighted by molar-refractivity contribution is 5.89. The van der Waals surface area contributed by atoms with Crippen molar-refractivity contribution in [3.63, 3.8) is 0 Å². The van der Waals surface area contributed by atoms with Crippen LogP contribution in [0.2, 0.25) is 0 Å². The van der Waals surface area contributed by atoms with Gasteiger partial charge < -0.3 is 15.4 Å². The molecule has 7 heteroatoms. The SMILES string of the molecule is COc1ccc(C)cc1CCNC(=O)Nc1ccc([N+](=O)[O-])cc1. The Hall–Kier alpha value is -3.09. The number of benzene rings is 2. The lowest BCUT2D eigenvalue weighted by Gasteiger charge is -2.11. The number of nitrogens with one attached hydrogen (secondary N) is 2. The molecule has 0 atom stereocenters. The van der Waals surface area contributed by atoms with Gasteiger partial charge in [-0.15, -0.1) is 0 Å². The Morgan fingerprint density at radius 3 is 2.54 bits per heavy atom. The number of hydrogen-bond acceptors (Lipinski definition) is 4. The van der Waals surface area contributed by atoms with Gasteiger partial charge in [0, 0.05) is 24.4 Å². The number of hydrogen-bond donors (Lipinski definition) is 2. The second-order valence-electron chi connectivity index (χ2n) is 5.25. The molecule has 0 unspecified atom stereocenters. The van der Waals surface area contributed by atoms with Crippen molar-refractivity contribution >= 4 is 17.4 Å². The van der Waals surface area contributed by atoms with Crippen molar-refractivity contribution in [1.29, 1.82) is 0 Å². The largest absolute Gasteiger partial charge is 0.496 e. The first kappa shape index (κ1) is 17.3. The summed E-state index contributed by atoms with van der Waals surface area (Å²) in [5.74, 6) is 0.790. The van der Waals surface area contributed by atoms with E-state index in [1.807, 2.05) is 25.1 Å². The number of carbonyl (C=O) groups excluding carboxylic acids is 1. The highest BCUT2D eigenvalue weighted by Gasteiger charge is 2.07. The lowest BCUT2D eigenvalue weighted by Crippen LogP contribution is -2.30. The molecule has 24 heavy (non-hydrogen) atoms. The molecule has 0 fully saturated rings. The van der Waals surface area contributed by atoms with Gasteiger partial charge in [0.1, 0.15) is 5.75 Å². The molecule has 7 nitrogen and oxygen atoms in total. The Balaban J connectivity index is 1.85. The van der Waals surface area contributed by atoms with Crippen molar-refractivity contribution < 1.29 is 14.5 Å². The van der Waals surface area contributed by atoms with Crippen LogP contribution in [0.1, 0.15) is 11.1 Å². The fourth-order valence-electron chi connectivity index (χ4n) is 2.26. The smallest absolute Gasteiger partial charge is 0.319 e. The number of nitrogens with zero attached hydrogens (tertiary/aromatic N) is 1. The summed E-state index contributed by atoms with van der Waals surface area (Å²) in [6.45, 7) is 2.44. The average Bonchev–Trinajstić information content (AvgIpc) is 2.55. The molecule has 0 heterocycles. The third kappa shape index (κ3) is 4.70. The second kappa shape index (κ2) is 7.96. The third-order valence-electron chi connectivity index (χ3n) is 3.45. The standard InChI is InChI=1S/C17H19N3O4/c1-12-3-8-16(24-2)13(11-12)9-10-18-17(21)19-14-4-6-15(7-5-14)20(22)23/h3-8,11H,9-10H2,1-2H3,(H2,18,19,21). The van der Waals surface area contributed by atoms with Crippen LogP contribution in [-0.4, -0.2) is 24.6 Å². The Labute approximate surface area is 139 Å². The van der Waals surface area contributed by atoms with Crippen LogP contribution in [0.5, 0.6) is 5.75 Å². The van der Waals surface area contributed by atoms with Crippen LogP contribution in [-0.2, 0) is 6.42 Å². The van der Waals surface area contributed by atoms with Gasteiger partial charge in [-0.1, -0.05) is 17.7 Å². The van der Waals surface area contributed by atoms with Crippen LogP contribution in [0, 0.1) is 17.0 Å². The van der Waals surface area contributed by atoms with Crippen LogP contribution < -0.4 is 15.4 Å². The van der Waals surface area contributed by atoms with Crippen molar-refractivity contribution in [1.82, 2.24) is 5.32 Å². The average molecular weight is 329 g/mol. The number of nitro groups is 1. The van der Waals surface area contributed by atoms with E-state index < -0.39 is 4.92 Å². The summed E-state index contributed by atoms with van der Waals surface area (Å²) < 4.78 is 5.30. The highest BCUT2D eigenvalue weighted by Crippen LogP contribution is 2.20. The van der Waals surface area contributed by atoms with E-state index in [1.54, 1.807) is 7.11 Å². The summed E-state index contributed by atoms with van der Waals surface area (Å²) in [6.07, 6.45) is 0.637. The number of urea groups is 1. The zero-order chi connectivity index (χ0) is 17.5. The number of aryl methyl sites for hydroxylation is 1. The molecule has 0 saturated carbocycles. The lowest BCUT2D eigenvalue weighted by molar-refractivity contribution is -0.384. The summed E-state index contributed by atoms with van der Waals surface area (Å²) in [5.41, 5.74) is 2.62. The second-order valence-corrected chi connectivity index (χ2v) is 5.25. The third-order valence-corrected chi connectivity index (χ3v) is 3.45. The van der Waals surface area contributed by atoms with Gasteiger partial charge in [-0.25, -0.2) is 4.79 Å². The van der Waals surface area contributed by atoms with E-state index in [0.717, 1.165) is 16.9 Å². The van der Waals surface area contributed by atoms with Crippen LogP contribution in [0.4, 0.5) is 16.2 Å². The van der Waals surface area contributed by atoms with E-state index in [0.29, 0.717) is 18.7 Å². The molecule has 0 aliphatic heterocycles. The normalized spacial score (nSPS) is 10.1. The van der Waals surface area contributed by atoms with Gasteiger partial charge in [0.15, 0.2) is 0 Å². The molecule has 0 spiro atoms. The van der Waals surface area contributed by atoms with Crippen molar-refractivity contribution in [2.75, 3.05) is 19.0 Å². The van der Waals surface area contributed by atoms with E-state index in [4.69, 9.17) is 4.74 Å². The molecule has 126 valence electrons. The first-order chi connectivity index (χ1) is 11.5. The predicted molar refractivity (Wildman–Crippen MR) is 91.6 cm³/mol. The number of non-ortho nitro benzene ring substituents is 1. The number of nitro benzene ring substituents is 1. The fourth-order valence-corrected chi connectivity index (χ4v) is 2.26. The predicted octanol–water partition coefficient (Wildman–Crippen LogP) is 3.28. The number of anilines is 1. The van der Waals surface area contributed by atoms with Crippen LogP contribution in [0.25, 0.3) is 0 Å². The number of amides is 2. The van der Waals surface area contributed by atoms with Gasteiger partial charge >= 0.3 is 6.03 Å². The Morgan fingerprint density at radius 2 is 1.92 bits per heavy atom. The Bertz CT molecular complexity index is 729. The number of carbonyl (C=O) groups is 1. The molecule has 0 aliphatic carbocycles. The summed E-state index contributed by atoms with van der Waals surface area (Å²) in [4.78, 5) is 22.0. The van der Waals surface area contributed by atoms with Crippen molar-refractivity contribution in [3.8, 4) is 5.75 Å². The summed E-state index contributed by atoms with van der Waals surface area (Å²) in [6, 6.07) is 11.2.